The molecular weight excluding hydrogens is 298 g/mol. The van der Waals surface area contributed by atoms with Crippen LogP contribution in [-0.2, 0) is 14.3 Å². The number of methoxy groups -OCH3 is 1. The first-order chi connectivity index (χ1) is 10.7. The smallest absolute Gasteiger partial charge is 0.374 e. The molecule has 0 amide bonds. The third-order valence-corrected chi connectivity index (χ3v) is 4.67. The summed E-state index contributed by atoms with van der Waals surface area (Å²) in [5, 5.41) is 3.04. The van der Waals surface area contributed by atoms with Gasteiger partial charge in [0.2, 0.25) is 5.78 Å². The molecule has 3 rings (SSSR count). The van der Waals surface area contributed by atoms with E-state index in [2.05, 4.69) is 9.72 Å². The minimum absolute atomic E-state index is 0.106. The number of benzene rings is 1. The van der Waals surface area contributed by atoms with Gasteiger partial charge in [-0.05, 0) is 23.1 Å². The summed E-state index contributed by atoms with van der Waals surface area (Å²) in [7, 11) is 1.23. The van der Waals surface area contributed by atoms with Gasteiger partial charge in [0, 0.05) is 34.3 Å². The summed E-state index contributed by atoms with van der Waals surface area (Å²) in [6, 6.07) is 11.9. The highest BCUT2D eigenvalue weighted by atomic mass is 32.1. The number of nitrogens with one attached hydrogen (secondary N) is 1. The second kappa shape index (κ2) is 6.15. The van der Waals surface area contributed by atoms with E-state index in [1.807, 2.05) is 48.0 Å². The topological polar surface area (TPSA) is 59.2 Å². The van der Waals surface area contributed by atoms with Crippen molar-refractivity contribution in [1.29, 1.82) is 0 Å². The number of Topliss-reactive ketones (excluding diaryl/α,β-unsaturated/α-hetero) is 1. The summed E-state index contributed by atoms with van der Waals surface area (Å²) in [5.41, 5.74) is 2.04. The van der Waals surface area contributed by atoms with Crippen molar-refractivity contribution in [2.24, 2.45) is 0 Å². The van der Waals surface area contributed by atoms with Crippen LogP contribution in [0.25, 0.3) is 10.9 Å². The highest BCUT2D eigenvalue weighted by molar-refractivity contribution is 7.10. The van der Waals surface area contributed by atoms with Crippen LogP contribution in [0.3, 0.4) is 0 Å². The molecule has 1 N–H and O–H groups in total. The second-order valence-electron chi connectivity index (χ2n) is 4.98. The number of rotatable bonds is 5. The van der Waals surface area contributed by atoms with E-state index in [1.165, 1.54) is 7.11 Å². The molecule has 1 unspecified atom stereocenters. The lowest BCUT2D eigenvalue weighted by atomic mass is 9.92. The molecule has 0 radical (unpaired) electrons. The van der Waals surface area contributed by atoms with Crippen molar-refractivity contribution < 1.29 is 14.3 Å². The van der Waals surface area contributed by atoms with Gasteiger partial charge in [-0.25, -0.2) is 4.79 Å². The third-order valence-electron chi connectivity index (χ3n) is 3.69. The molecule has 112 valence electrons. The van der Waals surface area contributed by atoms with Crippen molar-refractivity contribution >= 4 is 34.0 Å². The summed E-state index contributed by atoms with van der Waals surface area (Å²) < 4.78 is 4.54. The molecule has 1 aromatic carbocycles. The van der Waals surface area contributed by atoms with Crippen LogP contribution in [0, 0.1) is 0 Å². The molecule has 3 aromatic rings. The fourth-order valence-corrected chi connectivity index (χ4v) is 3.46. The Morgan fingerprint density at radius 1 is 1.23 bits per heavy atom. The number of fused-ring (bicyclic) bond motifs is 1. The van der Waals surface area contributed by atoms with Crippen LogP contribution in [0.5, 0.6) is 0 Å². The maximum atomic E-state index is 12.0. The van der Waals surface area contributed by atoms with Crippen molar-refractivity contribution in [3.8, 4) is 0 Å². The Hall–Kier alpha value is -2.40. The first-order valence-electron chi connectivity index (χ1n) is 6.91. The number of carbonyl (C=O) groups excluding carboxylic acids is 2. The van der Waals surface area contributed by atoms with E-state index in [1.54, 1.807) is 11.3 Å². The fraction of sp³-hybridized carbons (Fsp3) is 0.176. The van der Waals surface area contributed by atoms with Crippen molar-refractivity contribution in [3.05, 3.63) is 58.4 Å². The Kier molecular flexibility index (Phi) is 4.06. The van der Waals surface area contributed by atoms with E-state index in [9.17, 15) is 9.59 Å². The third kappa shape index (κ3) is 2.67. The highest BCUT2D eigenvalue weighted by Crippen LogP contribution is 2.35. The summed E-state index contributed by atoms with van der Waals surface area (Å²) in [6.07, 6.45) is 2.02. The van der Waals surface area contributed by atoms with Gasteiger partial charge in [-0.2, -0.15) is 0 Å². The van der Waals surface area contributed by atoms with Crippen molar-refractivity contribution in [1.82, 2.24) is 4.98 Å². The van der Waals surface area contributed by atoms with Crippen LogP contribution in [0.4, 0.5) is 0 Å². The van der Waals surface area contributed by atoms with Crippen LogP contribution in [0.2, 0.25) is 0 Å². The molecule has 0 bridgehead atoms. The molecule has 4 nitrogen and oxygen atoms in total. The van der Waals surface area contributed by atoms with Crippen molar-refractivity contribution in [2.45, 2.75) is 12.3 Å². The summed E-state index contributed by atoms with van der Waals surface area (Å²) in [5.74, 6) is -1.45. The lowest BCUT2D eigenvalue weighted by Crippen LogP contribution is -2.18. The van der Waals surface area contributed by atoms with Gasteiger partial charge in [-0.15, -0.1) is 11.3 Å². The molecule has 0 fully saturated rings. The Morgan fingerprint density at radius 3 is 2.77 bits per heavy atom. The zero-order valence-corrected chi connectivity index (χ0v) is 12.9. The fourth-order valence-electron chi connectivity index (χ4n) is 2.62. The molecule has 0 aliphatic rings. The molecule has 0 saturated carbocycles. The van der Waals surface area contributed by atoms with Crippen LogP contribution in [-0.4, -0.2) is 23.8 Å². The van der Waals surface area contributed by atoms with Crippen LogP contribution >= 0.6 is 11.3 Å². The molecule has 0 aliphatic heterocycles. The number of ether oxygens (including phenoxy) is 1. The number of aromatic nitrogens is 1. The van der Waals surface area contributed by atoms with Gasteiger partial charge in [0.05, 0.1) is 7.11 Å². The molecule has 0 saturated heterocycles. The van der Waals surface area contributed by atoms with Gasteiger partial charge in [0.1, 0.15) is 0 Å². The lowest BCUT2D eigenvalue weighted by Gasteiger charge is -2.13. The first kappa shape index (κ1) is 14.5. The normalized spacial score (nSPS) is 12.2. The molecule has 2 aromatic heterocycles. The molecule has 0 spiro atoms. The first-order valence-corrected chi connectivity index (χ1v) is 7.79. The second-order valence-corrected chi connectivity index (χ2v) is 5.96. The summed E-state index contributed by atoms with van der Waals surface area (Å²) in [6.45, 7) is 0. The maximum absolute atomic E-state index is 12.0. The standard InChI is InChI=1S/C17H15NO3S/c1-21-17(20)15(19)9-12(16-7-4-8-22-16)13-10-18-14-6-3-2-5-11(13)14/h2-8,10,12,18H,9H2,1H3. The predicted octanol–water partition coefficient (Wildman–Crippen LogP) is 3.49. The van der Waals surface area contributed by atoms with Gasteiger partial charge in [-0.3, -0.25) is 4.79 Å². The van der Waals surface area contributed by atoms with Gasteiger partial charge in [0.15, 0.2) is 0 Å². The largest absolute Gasteiger partial charge is 0.463 e. The number of esters is 1. The summed E-state index contributed by atoms with van der Waals surface area (Å²) >= 11 is 1.58. The molecule has 2 heterocycles. The Bertz CT molecular complexity index is 804. The number of hydrogen-bond acceptors (Lipinski definition) is 4. The number of hydrogen-bond donors (Lipinski definition) is 1. The number of ketones is 1. The SMILES string of the molecule is COC(=O)C(=O)CC(c1cccs1)c1c[nH]c2ccccc12. The number of carbonyl (C=O) groups is 2. The molecule has 0 aliphatic carbocycles. The van der Waals surface area contributed by atoms with E-state index in [-0.39, 0.29) is 12.3 Å². The average Bonchev–Trinajstić information content (AvgIpc) is 3.21. The van der Waals surface area contributed by atoms with Gasteiger partial charge in [-0.1, -0.05) is 24.3 Å². The quantitative estimate of drug-likeness (QED) is 0.579. The van der Waals surface area contributed by atoms with Crippen LogP contribution < -0.4 is 0 Å². The van der Waals surface area contributed by atoms with Gasteiger partial charge in [0.25, 0.3) is 0 Å². The van der Waals surface area contributed by atoms with Crippen molar-refractivity contribution in [3.63, 3.8) is 0 Å². The zero-order valence-electron chi connectivity index (χ0n) is 12.0. The highest BCUT2D eigenvalue weighted by Gasteiger charge is 2.25. The number of aromatic amines is 1. The van der Waals surface area contributed by atoms with Gasteiger partial charge >= 0.3 is 5.97 Å². The average molecular weight is 313 g/mol. The van der Waals surface area contributed by atoms with E-state index in [0.717, 1.165) is 21.3 Å². The Labute approximate surface area is 131 Å². The minimum atomic E-state index is -0.790. The van der Waals surface area contributed by atoms with E-state index >= 15 is 0 Å². The summed E-state index contributed by atoms with van der Waals surface area (Å²) in [4.78, 5) is 27.8. The van der Waals surface area contributed by atoms with Crippen LogP contribution in [0.1, 0.15) is 22.8 Å². The minimum Gasteiger partial charge on any atom is -0.463 e. The number of thiophene rings is 1. The monoisotopic (exact) mass is 313 g/mol. The number of H-pyrrole nitrogens is 1. The molecule has 1 atom stereocenters. The molecule has 22 heavy (non-hydrogen) atoms. The zero-order chi connectivity index (χ0) is 15.5. The Balaban J connectivity index is 2.02. The van der Waals surface area contributed by atoms with Crippen LogP contribution in [0.15, 0.2) is 48.0 Å². The van der Waals surface area contributed by atoms with E-state index in [0.29, 0.717) is 0 Å². The van der Waals surface area contributed by atoms with E-state index < -0.39 is 11.8 Å². The van der Waals surface area contributed by atoms with Gasteiger partial charge < -0.3 is 9.72 Å². The molecular formula is C17H15NO3S. The van der Waals surface area contributed by atoms with Crippen molar-refractivity contribution in [2.75, 3.05) is 7.11 Å². The number of para-hydroxylation sites is 1. The molecule has 5 heteroatoms. The Morgan fingerprint density at radius 2 is 2.05 bits per heavy atom. The lowest BCUT2D eigenvalue weighted by molar-refractivity contribution is -0.151. The van der Waals surface area contributed by atoms with E-state index in [4.69, 9.17) is 0 Å². The predicted molar refractivity (Wildman–Crippen MR) is 86.1 cm³/mol. The maximum Gasteiger partial charge on any atom is 0.374 e.